The number of halogens is 1. The molecule has 5 heteroatoms. The van der Waals surface area contributed by atoms with Crippen LogP contribution in [0.4, 0.5) is 0 Å². The minimum atomic E-state index is -1.46. The predicted octanol–water partition coefficient (Wildman–Crippen LogP) is 3.51. The highest BCUT2D eigenvalue weighted by Gasteiger charge is 2.23. The van der Waals surface area contributed by atoms with Gasteiger partial charge in [-0.05, 0) is 28.8 Å². The van der Waals surface area contributed by atoms with Gasteiger partial charge in [0.1, 0.15) is 0 Å². The normalized spacial score (nSPS) is 13.7. The topological polar surface area (TPSA) is 54.4 Å². The lowest BCUT2D eigenvalue weighted by Gasteiger charge is -2.10. The second-order valence-corrected chi connectivity index (χ2v) is 6.25. The van der Waals surface area contributed by atoms with Crippen molar-refractivity contribution < 1.29 is 14.1 Å². The van der Waals surface area contributed by atoms with E-state index >= 15 is 0 Å². The van der Waals surface area contributed by atoms with Gasteiger partial charge >= 0.3 is 5.97 Å². The zero-order valence-electron chi connectivity index (χ0n) is 10.7. The molecule has 2 aromatic carbocycles. The van der Waals surface area contributed by atoms with E-state index in [-0.39, 0.29) is 0 Å². The molecule has 20 heavy (non-hydrogen) atoms. The van der Waals surface area contributed by atoms with E-state index in [1.54, 1.807) is 24.3 Å². The van der Waals surface area contributed by atoms with E-state index in [9.17, 15) is 9.00 Å². The van der Waals surface area contributed by atoms with Crippen molar-refractivity contribution in [2.75, 3.05) is 6.26 Å². The van der Waals surface area contributed by atoms with Crippen molar-refractivity contribution in [3.05, 3.63) is 59.1 Å². The maximum Gasteiger partial charge on any atom is 0.323 e. The summed E-state index contributed by atoms with van der Waals surface area (Å²) in [6.07, 6.45) is 1.39. The van der Waals surface area contributed by atoms with Crippen LogP contribution in [-0.2, 0) is 15.6 Å². The second-order valence-electron chi connectivity index (χ2n) is 4.35. The smallest absolute Gasteiger partial charge is 0.323 e. The quantitative estimate of drug-likeness (QED) is 0.940. The second kappa shape index (κ2) is 6.20. The summed E-state index contributed by atoms with van der Waals surface area (Å²) in [4.78, 5) is 11.1. The molecule has 2 aromatic rings. The minimum Gasteiger partial charge on any atom is -0.480 e. The highest BCUT2D eigenvalue weighted by Crippen LogP contribution is 2.25. The molecular weight excluding hydrogens is 296 g/mol. The molecule has 0 bridgehead atoms. The summed E-state index contributed by atoms with van der Waals surface area (Å²) in [5.74, 6) is -1.08. The molecule has 0 amide bonds. The van der Waals surface area contributed by atoms with Crippen LogP contribution in [0.5, 0.6) is 0 Å². The number of carboxylic acid groups (broad SMARTS) is 1. The van der Waals surface area contributed by atoms with E-state index in [0.29, 0.717) is 10.6 Å². The van der Waals surface area contributed by atoms with Gasteiger partial charge in [0.05, 0.1) is 0 Å². The van der Waals surface area contributed by atoms with Crippen molar-refractivity contribution in [3.8, 4) is 11.1 Å². The third-order valence-electron chi connectivity index (χ3n) is 2.95. The van der Waals surface area contributed by atoms with Gasteiger partial charge in [-0.1, -0.05) is 48.0 Å². The first-order valence-electron chi connectivity index (χ1n) is 5.90. The van der Waals surface area contributed by atoms with Crippen molar-refractivity contribution in [1.82, 2.24) is 0 Å². The minimum absolute atomic E-state index is 0.538. The summed E-state index contributed by atoms with van der Waals surface area (Å²) in [7, 11) is -1.46. The first-order chi connectivity index (χ1) is 9.49. The van der Waals surface area contributed by atoms with E-state index in [1.807, 2.05) is 24.3 Å². The van der Waals surface area contributed by atoms with Crippen molar-refractivity contribution in [2.45, 2.75) is 5.25 Å². The molecular formula is C15H13ClO3S. The molecule has 0 heterocycles. The Kier molecular flexibility index (Phi) is 4.57. The monoisotopic (exact) mass is 308 g/mol. The zero-order chi connectivity index (χ0) is 14.7. The Hall–Kier alpha value is -1.65. The van der Waals surface area contributed by atoms with Gasteiger partial charge in [0.25, 0.3) is 0 Å². The van der Waals surface area contributed by atoms with Gasteiger partial charge in [-0.2, -0.15) is 0 Å². The van der Waals surface area contributed by atoms with E-state index in [4.69, 9.17) is 16.7 Å². The van der Waals surface area contributed by atoms with Crippen molar-refractivity contribution in [1.29, 1.82) is 0 Å². The number of carboxylic acids is 1. The van der Waals surface area contributed by atoms with Crippen LogP contribution in [0, 0.1) is 0 Å². The molecule has 0 saturated carbocycles. The average Bonchev–Trinajstić information content (AvgIpc) is 2.40. The molecule has 104 valence electrons. The summed E-state index contributed by atoms with van der Waals surface area (Å²) >= 11 is 5.84. The van der Waals surface area contributed by atoms with Crippen molar-refractivity contribution in [3.63, 3.8) is 0 Å². The lowest BCUT2D eigenvalue weighted by molar-refractivity contribution is -0.136. The van der Waals surface area contributed by atoms with Crippen LogP contribution >= 0.6 is 11.6 Å². The fourth-order valence-corrected chi connectivity index (χ4v) is 2.92. The zero-order valence-corrected chi connectivity index (χ0v) is 12.3. The van der Waals surface area contributed by atoms with Crippen LogP contribution < -0.4 is 0 Å². The Morgan fingerprint density at radius 2 is 1.50 bits per heavy atom. The van der Waals surface area contributed by atoms with E-state index in [0.717, 1.165) is 11.1 Å². The molecule has 1 N–H and O–H groups in total. The lowest BCUT2D eigenvalue weighted by atomic mass is 10.0. The van der Waals surface area contributed by atoms with Crippen LogP contribution in [0.3, 0.4) is 0 Å². The van der Waals surface area contributed by atoms with Gasteiger partial charge in [0.15, 0.2) is 5.25 Å². The highest BCUT2D eigenvalue weighted by molar-refractivity contribution is 7.85. The van der Waals surface area contributed by atoms with Gasteiger partial charge in [0.2, 0.25) is 0 Å². The number of aliphatic carboxylic acids is 1. The first-order valence-corrected chi connectivity index (χ1v) is 7.90. The van der Waals surface area contributed by atoms with Gasteiger partial charge in [0, 0.05) is 22.1 Å². The van der Waals surface area contributed by atoms with Crippen LogP contribution in [0.2, 0.25) is 5.02 Å². The van der Waals surface area contributed by atoms with E-state index < -0.39 is 22.0 Å². The molecule has 0 fully saturated rings. The molecule has 0 aromatic heterocycles. The number of rotatable bonds is 4. The maximum atomic E-state index is 11.5. The molecule has 2 rings (SSSR count). The van der Waals surface area contributed by atoms with Crippen molar-refractivity contribution in [2.24, 2.45) is 0 Å². The van der Waals surface area contributed by atoms with E-state index in [1.165, 1.54) is 6.26 Å². The average molecular weight is 309 g/mol. The first kappa shape index (κ1) is 14.8. The lowest BCUT2D eigenvalue weighted by Crippen LogP contribution is -2.15. The summed E-state index contributed by atoms with van der Waals surface area (Å²) in [6.45, 7) is 0. The molecule has 0 aliphatic carbocycles. The van der Waals surface area contributed by atoms with Gasteiger partial charge < -0.3 is 5.11 Å². The van der Waals surface area contributed by atoms with Crippen LogP contribution in [-0.4, -0.2) is 21.5 Å². The van der Waals surface area contributed by atoms with Crippen molar-refractivity contribution >= 4 is 28.4 Å². The van der Waals surface area contributed by atoms with Gasteiger partial charge in [-0.25, -0.2) is 0 Å². The maximum absolute atomic E-state index is 11.5. The predicted molar refractivity (Wildman–Crippen MR) is 81.3 cm³/mol. The molecule has 3 nitrogen and oxygen atoms in total. The number of carbonyl (C=O) groups is 1. The standard InChI is InChI=1S/C15H13ClO3S/c1-20(19)14(15(17)18)12-4-2-10(3-5-12)11-6-8-13(16)9-7-11/h2-9,14H,1H3,(H,17,18). The van der Waals surface area contributed by atoms with Gasteiger partial charge in [-0.15, -0.1) is 0 Å². The van der Waals surface area contributed by atoms with Crippen LogP contribution in [0.15, 0.2) is 48.5 Å². The molecule has 0 aliphatic rings. The molecule has 0 aliphatic heterocycles. The molecule has 0 saturated heterocycles. The summed E-state index contributed by atoms with van der Waals surface area (Å²) in [5, 5.41) is 8.78. The Morgan fingerprint density at radius 3 is 1.90 bits per heavy atom. The number of benzene rings is 2. The summed E-state index contributed by atoms with van der Waals surface area (Å²) in [5.41, 5.74) is 2.48. The fourth-order valence-electron chi connectivity index (χ4n) is 1.97. The third-order valence-corrected chi connectivity index (χ3v) is 4.34. The van der Waals surface area contributed by atoms with Gasteiger partial charge in [-0.3, -0.25) is 9.00 Å². The SMILES string of the molecule is CS(=O)C(C(=O)O)c1ccc(-c2ccc(Cl)cc2)cc1. The Labute approximate surface area is 124 Å². The van der Waals surface area contributed by atoms with E-state index in [2.05, 4.69) is 0 Å². The Balaban J connectivity index is 2.32. The summed E-state index contributed by atoms with van der Waals surface area (Å²) < 4.78 is 11.5. The summed E-state index contributed by atoms with van der Waals surface area (Å²) in [6, 6.07) is 14.4. The Bertz CT molecular complexity index is 621. The molecule has 0 radical (unpaired) electrons. The Morgan fingerprint density at radius 1 is 1.05 bits per heavy atom. The van der Waals surface area contributed by atoms with Crippen LogP contribution in [0.25, 0.3) is 11.1 Å². The molecule has 0 spiro atoms. The van der Waals surface area contributed by atoms with Crippen LogP contribution in [0.1, 0.15) is 10.8 Å². The molecule has 2 atom stereocenters. The third kappa shape index (κ3) is 3.26. The number of hydrogen-bond acceptors (Lipinski definition) is 2. The largest absolute Gasteiger partial charge is 0.480 e. The molecule has 2 unspecified atom stereocenters. The highest BCUT2D eigenvalue weighted by atomic mass is 35.5. The fraction of sp³-hybridized carbons (Fsp3) is 0.133. The number of hydrogen-bond donors (Lipinski definition) is 1.